The number of benzene rings is 1. The zero-order valence-electron chi connectivity index (χ0n) is 10.2. The molecule has 8 heteroatoms. The molecule has 0 saturated heterocycles. The van der Waals surface area contributed by atoms with Gasteiger partial charge in [0.1, 0.15) is 5.69 Å². The number of hydrogen-bond acceptors (Lipinski definition) is 3. The Morgan fingerprint density at radius 2 is 1.71 bits per heavy atom. The van der Waals surface area contributed by atoms with Gasteiger partial charge in [0.2, 0.25) is 0 Å². The first-order valence-corrected chi connectivity index (χ1v) is 5.53. The monoisotopic (exact) mass is 296 g/mol. The van der Waals surface area contributed by atoms with E-state index in [1.807, 2.05) is 0 Å². The Morgan fingerprint density at radius 1 is 1.10 bits per heavy atom. The summed E-state index contributed by atoms with van der Waals surface area (Å²) in [5.74, 6) is -6.90. The molecule has 0 aliphatic rings. The number of anilines is 1. The third-order valence-corrected chi connectivity index (χ3v) is 2.48. The van der Waals surface area contributed by atoms with E-state index in [4.69, 9.17) is 5.11 Å². The van der Waals surface area contributed by atoms with E-state index in [1.165, 1.54) is 6.07 Å². The highest BCUT2D eigenvalue weighted by atomic mass is 19.2. The predicted molar refractivity (Wildman–Crippen MR) is 65.5 cm³/mol. The number of carbonyl (C=O) groups is 2. The van der Waals surface area contributed by atoms with Gasteiger partial charge in [0, 0.05) is 17.4 Å². The van der Waals surface area contributed by atoms with Crippen molar-refractivity contribution in [2.75, 3.05) is 5.32 Å². The Kier molecular flexibility index (Phi) is 3.88. The standard InChI is InChI=1S/C13H7F3N2O3/c14-8-3-6(4-9(15)11(8)16)12(19)18-7-1-2-17-10(5-7)13(20)21/h1-5H,(H,20,21)(H,17,18,19). The molecule has 0 radical (unpaired) electrons. The van der Waals surface area contributed by atoms with Crippen molar-refractivity contribution < 1.29 is 27.9 Å². The number of pyridine rings is 1. The zero-order chi connectivity index (χ0) is 15.6. The molecule has 0 aliphatic carbocycles. The number of carboxylic acids is 1. The summed E-state index contributed by atoms with van der Waals surface area (Å²) in [7, 11) is 0. The first-order chi connectivity index (χ1) is 9.88. The summed E-state index contributed by atoms with van der Waals surface area (Å²) in [6.07, 6.45) is 1.14. The van der Waals surface area contributed by atoms with Crippen LogP contribution in [0, 0.1) is 17.5 Å². The third kappa shape index (κ3) is 3.16. The van der Waals surface area contributed by atoms with Gasteiger partial charge in [0.25, 0.3) is 5.91 Å². The normalized spacial score (nSPS) is 10.2. The fourth-order valence-electron chi connectivity index (χ4n) is 1.52. The van der Waals surface area contributed by atoms with Crippen molar-refractivity contribution in [2.45, 2.75) is 0 Å². The molecule has 1 heterocycles. The number of halogens is 3. The van der Waals surface area contributed by atoms with Crippen LogP contribution >= 0.6 is 0 Å². The van der Waals surface area contributed by atoms with E-state index in [-0.39, 0.29) is 11.4 Å². The molecule has 2 aromatic rings. The number of amides is 1. The fraction of sp³-hybridized carbons (Fsp3) is 0. The number of nitrogens with zero attached hydrogens (tertiary/aromatic N) is 1. The molecule has 1 aromatic heterocycles. The van der Waals surface area contributed by atoms with Crippen LogP contribution in [0.2, 0.25) is 0 Å². The van der Waals surface area contributed by atoms with Crippen molar-refractivity contribution in [1.29, 1.82) is 0 Å². The third-order valence-electron chi connectivity index (χ3n) is 2.48. The summed E-state index contributed by atoms with van der Waals surface area (Å²) in [5.41, 5.74) is -0.693. The molecule has 0 unspecified atom stereocenters. The number of aromatic carboxylic acids is 1. The Hall–Kier alpha value is -2.90. The minimum atomic E-state index is -1.68. The summed E-state index contributed by atoms with van der Waals surface area (Å²) in [5, 5.41) is 11.0. The molecule has 2 N–H and O–H groups in total. The van der Waals surface area contributed by atoms with Crippen molar-refractivity contribution >= 4 is 17.6 Å². The number of rotatable bonds is 3. The molecule has 5 nitrogen and oxygen atoms in total. The van der Waals surface area contributed by atoms with Crippen molar-refractivity contribution in [3.63, 3.8) is 0 Å². The second kappa shape index (κ2) is 5.61. The van der Waals surface area contributed by atoms with Gasteiger partial charge in [-0.15, -0.1) is 0 Å². The minimum absolute atomic E-state index is 0.0672. The number of aromatic nitrogens is 1. The molecule has 2 rings (SSSR count). The maximum atomic E-state index is 13.0. The lowest BCUT2D eigenvalue weighted by Crippen LogP contribution is -2.14. The summed E-state index contributed by atoms with van der Waals surface area (Å²) in [6.45, 7) is 0. The molecule has 0 aliphatic heterocycles. The van der Waals surface area contributed by atoms with Gasteiger partial charge < -0.3 is 10.4 Å². The average Bonchev–Trinajstić information content (AvgIpc) is 2.44. The van der Waals surface area contributed by atoms with E-state index in [0.717, 1.165) is 12.3 Å². The molecule has 1 amide bonds. The molecule has 0 saturated carbocycles. The lowest BCUT2D eigenvalue weighted by molar-refractivity contribution is 0.0690. The topological polar surface area (TPSA) is 79.3 Å². The summed E-state index contributed by atoms with van der Waals surface area (Å²) in [4.78, 5) is 26.0. The molecule has 1 aromatic carbocycles. The SMILES string of the molecule is O=C(Nc1ccnc(C(=O)O)c1)c1cc(F)c(F)c(F)c1. The molecule has 108 valence electrons. The highest BCUT2D eigenvalue weighted by molar-refractivity contribution is 6.04. The molecule has 21 heavy (non-hydrogen) atoms. The average molecular weight is 296 g/mol. The number of hydrogen-bond donors (Lipinski definition) is 2. The van der Waals surface area contributed by atoms with Gasteiger partial charge in [-0.1, -0.05) is 0 Å². The Balaban J connectivity index is 2.26. The largest absolute Gasteiger partial charge is 0.477 e. The number of carbonyl (C=O) groups excluding carboxylic acids is 1. The van der Waals surface area contributed by atoms with E-state index in [0.29, 0.717) is 12.1 Å². The Morgan fingerprint density at radius 3 is 2.29 bits per heavy atom. The molecular weight excluding hydrogens is 289 g/mol. The van der Waals surface area contributed by atoms with Gasteiger partial charge in [0.15, 0.2) is 17.5 Å². The van der Waals surface area contributed by atoms with Crippen molar-refractivity contribution in [3.8, 4) is 0 Å². The van der Waals surface area contributed by atoms with Crippen LogP contribution in [0.3, 0.4) is 0 Å². The maximum Gasteiger partial charge on any atom is 0.354 e. The van der Waals surface area contributed by atoms with Crippen LogP contribution in [0.5, 0.6) is 0 Å². The van der Waals surface area contributed by atoms with Gasteiger partial charge >= 0.3 is 5.97 Å². The van der Waals surface area contributed by atoms with Crippen molar-refractivity contribution in [2.24, 2.45) is 0 Å². The van der Waals surface area contributed by atoms with E-state index in [9.17, 15) is 22.8 Å². The Labute approximate surface area is 116 Å². The molecule has 0 spiro atoms. The van der Waals surface area contributed by atoms with Gasteiger partial charge in [-0.05, 0) is 24.3 Å². The van der Waals surface area contributed by atoms with Crippen LogP contribution in [-0.4, -0.2) is 22.0 Å². The first-order valence-electron chi connectivity index (χ1n) is 5.53. The zero-order valence-corrected chi connectivity index (χ0v) is 10.2. The highest BCUT2D eigenvalue weighted by Crippen LogP contribution is 2.16. The summed E-state index contributed by atoms with van der Waals surface area (Å²) < 4.78 is 38.8. The summed E-state index contributed by atoms with van der Waals surface area (Å²) >= 11 is 0. The number of carboxylic acid groups (broad SMARTS) is 1. The number of nitrogens with one attached hydrogen (secondary N) is 1. The van der Waals surface area contributed by atoms with Crippen LogP contribution in [-0.2, 0) is 0 Å². The molecule has 0 bridgehead atoms. The van der Waals surface area contributed by atoms with E-state index < -0.39 is 34.9 Å². The van der Waals surface area contributed by atoms with Crippen molar-refractivity contribution in [1.82, 2.24) is 4.98 Å². The molecular formula is C13H7F3N2O3. The van der Waals surface area contributed by atoms with Crippen molar-refractivity contribution in [3.05, 3.63) is 59.2 Å². The van der Waals surface area contributed by atoms with Crippen LogP contribution < -0.4 is 5.32 Å². The van der Waals surface area contributed by atoms with Gasteiger partial charge in [-0.25, -0.2) is 22.9 Å². The van der Waals surface area contributed by atoms with Crippen LogP contribution in [0.4, 0.5) is 18.9 Å². The van der Waals surface area contributed by atoms with Crippen LogP contribution in [0.1, 0.15) is 20.8 Å². The highest BCUT2D eigenvalue weighted by Gasteiger charge is 2.15. The van der Waals surface area contributed by atoms with Crippen LogP contribution in [0.25, 0.3) is 0 Å². The summed E-state index contributed by atoms with van der Waals surface area (Å²) in [6, 6.07) is 3.43. The second-order valence-electron chi connectivity index (χ2n) is 3.94. The Bertz CT molecular complexity index is 711. The van der Waals surface area contributed by atoms with Crippen LogP contribution in [0.15, 0.2) is 30.5 Å². The smallest absolute Gasteiger partial charge is 0.354 e. The molecule has 0 atom stereocenters. The maximum absolute atomic E-state index is 13.0. The van der Waals surface area contributed by atoms with E-state index in [2.05, 4.69) is 10.3 Å². The van der Waals surface area contributed by atoms with Gasteiger partial charge in [-0.2, -0.15) is 0 Å². The lowest BCUT2D eigenvalue weighted by Gasteiger charge is -2.06. The fourth-order valence-corrected chi connectivity index (χ4v) is 1.52. The van der Waals surface area contributed by atoms with E-state index >= 15 is 0 Å². The predicted octanol–water partition coefficient (Wildman–Crippen LogP) is 2.45. The molecule has 0 fully saturated rings. The van der Waals surface area contributed by atoms with E-state index in [1.54, 1.807) is 0 Å². The second-order valence-corrected chi connectivity index (χ2v) is 3.94. The quantitative estimate of drug-likeness (QED) is 0.853. The first kappa shape index (κ1) is 14.5. The van der Waals surface area contributed by atoms with Gasteiger partial charge in [-0.3, -0.25) is 4.79 Å². The lowest BCUT2D eigenvalue weighted by atomic mass is 10.2. The minimum Gasteiger partial charge on any atom is -0.477 e. The van der Waals surface area contributed by atoms with Gasteiger partial charge in [0.05, 0.1) is 0 Å².